The molecule has 0 aliphatic carbocycles. The Hall–Kier alpha value is -1.38. The number of carbonyl (C=O) groups is 2. The molecule has 0 bridgehead atoms. The Morgan fingerprint density at radius 3 is 2.58 bits per heavy atom. The van der Waals surface area contributed by atoms with E-state index in [-0.39, 0.29) is 30.9 Å². The Balaban J connectivity index is 1.80. The number of hydrogen-bond donors (Lipinski definition) is 0. The molecule has 0 saturated carbocycles. The Bertz CT molecular complexity index is 632. The van der Waals surface area contributed by atoms with E-state index in [4.69, 9.17) is 4.74 Å². The molecule has 2 saturated heterocycles. The Morgan fingerprint density at radius 2 is 1.96 bits per heavy atom. The summed E-state index contributed by atoms with van der Waals surface area (Å²) in [7, 11) is -4.56. The highest BCUT2D eigenvalue weighted by atomic mass is 32.3. The van der Waals surface area contributed by atoms with Gasteiger partial charge in [-0.25, -0.2) is 4.79 Å². The first-order chi connectivity index (χ1) is 11.9. The van der Waals surface area contributed by atoms with Crippen molar-refractivity contribution in [1.29, 1.82) is 0 Å². The smallest absolute Gasteiger partial charge is 0.410 e. The van der Waals surface area contributed by atoms with Gasteiger partial charge in [0.15, 0.2) is 0 Å². The molecule has 26 heavy (non-hydrogen) atoms. The van der Waals surface area contributed by atoms with Gasteiger partial charge in [0, 0.05) is 38.5 Å². The van der Waals surface area contributed by atoms with Crippen LogP contribution in [-0.4, -0.2) is 67.8 Å². The molecule has 0 radical (unpaired) electrons. The maximum Gasteiger partial charge on any atom is 0.410 e. The standard InChI is InChI=1S/C17H29FN2O5S/c1-17(2,3)25-16(22)20-7-4-5-13(10-20)6-8-19-11-14(9-15(19)21)12-26(18,23)24/h13-14H,4-12H2,1-3H3. The van der Waals surface area contributed by atoms with Crippen LogP contribution in [-0.2, 0) is 19.8 Å². The summed E-state index contributed by atoms with van der Waals surface area (Å²) in [5.41, 5.74) is -0.530. The lowest BCUT2D eigenvalue weighted by Gasteiger charge is -2.34. The fourth-order valence-electron chi connectivity index (χ4n) is 3.59. The van der Waals surface area contributed by atoms with Gasteiger partial charge in [-0.1, -0.05) is 0 Å². The molecule has 2 fully saturated rings. The van der Waals surface area contributed by atoms with Gasteiger partial charge in [0.2, 0.25) is 5.91 Å². The van der Waals surface area contributed by atoms with Gasteiger partial charge in [-0.05, 0) is 46.0 Å². The quantitative estimate of drug-likeness (QED) is 0.670. The van der Waals surface area contributed by atoms with Crippen molar-refractivity contribution >= 4 is 22.2 Å². The molecule has 2 amide bonds. The summed E-state index contributed by atoms with van der Waals surface area (Å²) in [6.07, 6.45) is 2.37. The lowest BCUT2D eigenvalue weighted by Crippen LogP contribution is -2.43. The molecule has 150 valence electrons. The summed E-state index contributed by atoms with van der Waals surface area (Å²) in [6, 6.07) is 0. The molecule has 0 aromatic rings. The zero-order valence-electron chi connectivity index (χ0n) is 15.7. The van der Waals surface area contributed by atoms with E-state index in [0.717, 1.165) is 19.3 Å². The summed E-state index contributed by atoms with van der Waals surface area (Å²) in [6.45, 7) is 7.56. The minimum absolute atomic E-state index is 0.0812. The molecule has 0 spiro atoms. The normalized spacial score (nSPS) is 24.8. The third kappa shape index (κ3) is 6.74. The van der Waals surface area contributed by atoms with Crippen LogP contribution >= 0.6 is 0 Å². The predicted octanol–water partition coefficient (Wildman–Crippen LogP) is 2.17. The van der Waals surface area contributed by atoms with Crippen LogP contribution < -0.4 is 0 Å². The lowest BCUT2D eigenvalue weighted by atomic mass is 9.95. The number of carbonyl (C=O) groups excluding carboxylic acids is 2. The largest absolute Gasteiger partial charge is 0.444 e. The van der Waals surface area contributed by atoms with E-state index < -0.39 is 27.5 Å². The molecular weight excluding hydrogens is 363 g/mol. The van der Waals surface area contributed by atoms with Crippen LogP contribution in [0.25, 0.3) is 0 Å². The molecule has 0 aromatic heterocycles. The summed E-state index contributed by atoms with van der Waals surface area (Å²) < 4.78 is 39.7. The van der Waals surface area contributed by atoms with Crippen LogP contribution in [0.2, 0.25) is 0 Å². The van der Waals surface area contributed by atoms with Gasteiger partial charge in [0.25, 0.3) is 0 Å². The minimum atomic E-state index is -4.56. The van der Waals surface area contributed by atoms with Crippen molar-refractivity contribution in [2.75, 3.05) is 31.9 Å². The highest BCUT2D eigenvalue weighted by Gasteiger charge is 2.34. The summed E-state index contributed by atoms with van der Waals surface area (Å²) in [5, 5.41) is 0. The second-order valence-electron chi connectivity index (χ2n) is 8.34. The molecular formula is C17H29FN2O5S. The first-order valence-corrected chi connectivity index (χ1v) is 10.7. The maximum absolute atomic E-state index is 12.8. The number of hydrogen-bond acceptors (Lipinski definition) is 5. The number of nitrogens with zero attached hydrogens (tertiary/aromatic N) is 2. The average molecular weight is 392 g/mol. The van der Waals surface area contributed by atoms with Gasteiger partial charge in [0.1, 0.15) is 5.60 Å². The lowest BCUT2D eigenvalue weighted by molar-refractivity contribution is -0.127. The zero-order valence-corrected chi connectivity index (χ0v) is 16.6. The number of ether oxygens (including phenoxy) is 1. The van der Waals surface area contributed by atoms with Crippen molar-refractivity contribution in [3.8, 4) is 0 Å². The van der Waals surface area contributed by atoms with Gasteiger partial charge in [-0.15, -0.1) is 3.89 Å². The van der Waals surface area contributed by atoms with Gasteiger partial charge in [0.05, 0.1) is 5.75 Å². The van der Waals surface area contributed by atoms with Crippen LogP contribution in [0.1, 0.15) is 46.5 Å². The predicted molar refractivity (Wildman–Crippen MR) is 94.7 cm³/mol. The van der Waals surface area contributed by atoms with Crippen molar-refractivity contribution in [2.45, 2.75) is 52.1 Å². The van der Waals surface area contributed by atoms with Gasteiger partial charge < -0.3 is 14.5 Å². The Morgan fingerprint density at radius 1 is 1.27 bits per heavy atom. The van der Waals surface area contributed by atoms with Crippen LogP contribution in [0.4, 0.5) is 8.68 Å². The molecule has 7 nitrogen and oxygen atoms in total. The number of rotatable bonds is 5. The summed E-state index contributed by atoms with van der Waals surface area (Å²) in [4.78, 5) is 27.5. The number of amides is 2. The number of halogens is 1. The number of likely N-dealkylation sites (tertiary alicyclic amines) is 2. The fraction of sp³-hybridized carbons (Fsp3) is 0.882. The molecule has 2 aliphatic heterocycles. The van der Waals surface area contributed by atoms with Crippen LogP contribution in [0.5, 0.6) is 0 Å². The first kappa shape index (κ1) is 20.9. The minimum Gasteiger partial charge on any atom is -0.444 e. The molecule has 2 rings (SSSR count). The number of piperidine rings is 1. The third-order valence-electron chi connectivity index (χ3n) is 4.71. The molecule has 9 heteroatoms. The van der Waals surface area contributed by atoms with Crippen LogP contribution in [0.3, 0.4) is 0 Å². The summed E-state index contributed by atoms with van der Waals surface area (Å²) >= 11 is 0. The van der Waals surface area contributed by atoms with Gasteiger partial charge in [-0.2, -0.15) is 8.42 Å². The van der Waals surface area contributed by atoms with Crippen LogP contribution in [0, 0.1) is 11.8 Å². The van der Waals surface area contributed by atoms with E-state index in [0.29, 0.717) is 19.6 Å². The first-order valence-electron chi connectivity index (χ1n) is 9.11. The van der Waals surface area contributed by atoms with Crippen molar-refractivity contribution in [1.82, 2.24) is 9.80 Å². The highest BCUT2D eigenvalue weighted by Crippen LogP contribution is 2.25. The molecule has 0 N–H and O–H groups in total. The topological polar surface area (TPSA) is 84.0 Å². The zero-order chi connectivity index (χ0) is 19.5. The average Bonchev–Trinajstić information content (AvgIpc) is 2.81. The molecule has 2 aliphatic rings. The molecule has 2 atom stereocenters. The van der Waals surface area contributed by atoms with E-state index in [1.54, 1.807) is 9.80 Å². The Labute approximate surface area is 155 Å². The third-order valence-corrected chi connectivity index (χ3v) is 5.58. The van der Waals surface area contributed by atoms with Crippen molar-refractivity contribution in [2.24, 2.45) is 11.8 Å². The SMILES string of the molecule is CC(C)(C)OC(=O)N1CCCC(CCN2CC(CS(=O)(=O)F)CC2=O)C1. The van der Waals surface area contributed by atoms with Gasteiger partial charge >= 0.3 is 16.3 Å². The fourth-order valence-corrected chi connectivity index (χ4v) is 4.38. The highest BCUT2D eigenvalue weighted by molar-refractivity contribution is 7.86. The van der Waals surface area contributed by atoms with E-state index in [2.05, 4.69) is 0 Å². The molecule has 0 aromatic carbocycles. The van der Waals surface area contributed by atoms with E-state index in [1.165, 1.54) is 0 Å². The van der Waals surface area contributed by atoms with Crippen molar-refractivity contribution in [3.63, 3.8) is 0 Å². The maximum atomic E-state index is 12.8. The summed E-state index contributed by atoms with van der Waals surface area (Å²) in [5.74, 6) is -0.918. The molecule has 2 unspecified atom stereocenters. The van der Waals surface area contributed by atoms with Gasteiger partial charge in [-0.3, -0.25) is 4.79 Å². The van der Waals surface area contributed by atoms with E-state index >= 15 is 0 Å². The van der Waals surface area contributed by atoms with Crippen LogP contribution in [0.15, 0.2) is 0 Å². The van der Waals surface area contributed by atoms with Crippen molar-refractivity contribution < 1.29 is 26.6 Å². The Kier molecular flexibility index (Phi) is 6.52. The molecule has 2 heterocycles. The van der Waals surface area contributed by atoms with E-state index in [9.17, 15) is 21.9 Å². The monoisotopic (exact) mass is 392 g/mol. The van der Waals surface area contributed by atoms with E-state index in [1.807, 2.05) is 20.8 Å². The second kappa shape index (κ2) is 8.10. The van der Waals surface area contributed by atoms with Crippen molar-refractivity contribution in [3.05, 3.63) is 0 Å². The second-order valence-corrected chi connectivity index (χ2v) is 9.75.